The second-order valence-electron chi connectivity index (χ2n) is 9.88. The number of thioether (sulfide) groups is 1. The summed E-state index contributed by atoms with van der Waals surface area (Å²) in [4.78, 5) is 15.4. The first kappa shape index (κ1) is 25.1. The molecule has 37 heavy (non-hydrogen) atoms. The number of nitrogens with two attached hydrogens (primary N) is 1. The third-order valence-electron chi connectivity index (χ3n) is 6.62. The predicted octanol–water partition coefficient (Wildman–Crippen LogP) is 5.78. The van der Waals surface area contributed by atoms with E-state index in [1.54, 1.807) is 23.8 Å². The van der Waals surface area contributed by atoms with Crippen LogP contribution in [0, 0.1) is 16.7 Å². The topological polar surface area (TPSA) is 105 Å². The van der Waals surface area contributed by atoms with Crippen LogP contribution in [0.25, 0.3) is 0 Å². The highest BCUT2D eigenvalue weighted by atomic mass is 32.2. The maximum atomic E-state index is 13.6. The SMILES string of the molecule is COc1ccc(C2C(C#N)=C(N)N(c3nnc(SCc4ccccc4)s3)C3=C2C(=O)CC(C)(C)C3)cc1. The van der Waals surface area contributed by atoms with E-state index in [-0.39, 0.29) is 11.2 Å². The van der Waals surface area contributed by atoms with E-state index in [4.69, 9.17) is 10.5 Å². The normalized spacial score (nSPS) is 19.0. The Balaban J connectivity index is 1.57. The second-order valence-corrected chi connectivity index (χ2v) is 12.1. The number of anilines is 1. The van der Waals surface area contributed by atoms with Gasteiger partial charge >= 0.3 is 0 Å². The highest BCUT2D eigenvalue weighted by molar-refractivity contribution is 8.00. The van der Waals surface area contributed by atoms with Crippen LogP contribution < -0.4 is 15.4 Å². The number of hydrogen-bond acceptors (Lipinski definition) is 9. The standard InChI is InChI=1S/C28H27N5O2S2/c1-28(2)13-21-24(22(34)14-28)23(18-9-11-19(35-3)12-10-18)20(15-29)25(30)33(21)26-31-32-27(37-26)36-16-17-7-5-4-6-8-17/h4-12,23H,13-14,16,30H2,1-3H3. The molecule has 2 heterocycles. The van der Waals surface area contributed by atoms with Gasteiger partial charge in [0, 0.05) is 23.4 Å². The van der Waals surface area contributed by atoms with E-state index in [1.807, 2.05) is 42.5 Å². The number of ketones is 1. The van der Waals surface area contributed by atoms with Crippen molar-refractivity contribution in [3.8, 4) is 11.8 Å². The summed E-state index contributed by atoms with van der Waals surface area (Å²) in [5.41, 5.74) is 10.2. The highest BCUT2D eigenvalue weighted by Gasteiger charge is 2.45. The quantitative estimate of drug-likeness (QED) is 0.401. The maximum Gasteiger partial charge on any atom is 0.219 e. The molecule has 1 atom stereocenters. The zero-order valence-electron chi connectivity index (χ0n) is 20.9. The van der Waals surface area contributed by atoms with E-state index in [1.165, 1.54) is 16.9 Å². The monoisotopic (exact) mass is 529 g/mol. The molecule has 2 aromatic carbocycles. The molecule has 188 valence electrons. The summed E-state index contributed by atoms with van der Waals surface area (Å²) in [6.45, 7) is 4.16. The van der Waals surface area contributed by atoms with Crippen molar-refractivity contribution in [2.24, 2.45) is 11.1 Å². The molecular weight excluding hydrogens is 502 g/mol. The first-order chi connectivity index (χ1) is 17.8. The summed E-state index contributed by atoms with van der Waals surface area (Å²) in [7, 11) is 1.61. The second kappa shape index (κ2) is 10.0. The molecule has 1 aromatic heterocycles. The summed E-state index contributed by atoms with van der Waals surface area (Å²) in [6.07, 6.45) is 1.03. The lowest BCUT2D eigenvalue weighted by atomic mass is 9.68. The van der Waals surface area contributed by atoms with Gasteiger partial charge in [-0.15, -0.1) is 10.2 Å². The van der Waals surface area contributed by atoms with Gasteiger partial charge in [0.1, 0.15) is 11.6 Å². The van der Waals surface area contributed by atoms with Gasteiger partial charge in [0.2, 0.25) is 5.13 Å². The zero-order chi connectivity index (χ0) is 26.2. The van der Waals surface area contributed by atoms with Gasteiger partial charge in [0.05, 0.1) is 24.7 Å². The number of Topliss-reactive ketones (excluding diaryl/α,β-unsaturated/α-hetero) is 1. The Labute approximate surface area is 224 Å². The van der Waals surface area contributed by atoms with Crippen molar-refractivity contribution in [2.45, 2.75) is 42.7 Å². The van der Waals surface area contributed by atoms with E-state index in [0.29, 0.717) is 40.7 Å². The van der Waals surface area contributed by atoms with Crippen molar-refractivity contribution in [1.29, 1.82) is 5.26 Å². The number of nitrogens with zero attached hydrogens (tertiary/aromatic N) is 4. The van der Waals surface area contributed by atoms with Gasteiger partial charge in [-0.1, -0.05) is 79.4 Å². The van der Waals surface area contributed by atoms with Crippen LogP contribution in [0.5, 0.6) is 5.75 Å². The summed E-state index contributed by atoms with van der Waals surface area (Å²) in [5.74, 6) is 1.26. The van der Waals surface area contributed by atoms with Crippen LogP contribution in [0.4, 0.5) is 5.13 Å². The molecule has 3 aromatic rings. The molecule has 0 fully saturated rings. The van der Waals surface area contributed by atoms with Gasteiger partial charge in [-0.3, -0.25) is 9.69 Å². The van der Waals surface area contributed by atoms with Gasteiger partial charge in [0.25, 0.3) is 0 Å². The number of nitriles is 1. The molecule has 5 rings (SSSR count). The number of carbonyl (C=O) groups is 1. The average molecular weight is 530 g/mol. The van der Waals surface area contributed by atoms with E-state index < -0.39 is 5.92 Å². The number of rotatable bonds is 6. The number of methoxy groups -OCH3 is 1. The van der Waals surface area contributed by atoms with Crippen molar-refractivity contribution in [2.75, 3.05) is 12.0 Å². The minimum absolute atomic E-state index is 0.0282. The lowest BCUT2D eigenvalue weighted by Gasteiger charge is -2.42. The minimum Gasteiger partial charge on any atom is -0.497 e. The largest absolute Gasteiger partial charge is 0.497 e. The summed E-state index contributed by atoms with van der Waals surface area (Å²) < 4.78 is 6.10. The molecule has 2 N–H and O–H groups in total. The van der Waals surface area contributed by atoms with Crippen molar-refractivity contribution < 1.29 is 9.53 Å². The Hall–Kier alpha value is -3.61. The van der Waals surface area contributed by atoms with Gasteiger partial charge in [-0.05, 0) is 35.1 Å². The zero-order valence-corrected chi connectivity index (χ0v) is 22.5. The first-order valence-corrected chi connectivity index (χ1v) is 13.7. The molecule has 1 aliphatic carbocycles. The Morgan fingerprint density at radius 1 is 1.16 bits per heavy atom. The van der Waals surface area contributed by atoms with Crippen molar-refractivity contribution in [3.05, 3.63) is 88.4 Å². The molecule has 9 heteroatoms. The number of ether oxygens (including phenoxy) is 1. The van der Waals surface area contributed by atoms with Crippen molar-refractivity contribution >= 4 is 34.0 Å². The highest BCUT2D eigenvalue weighted by Crippen LogP contribution is 2.50. The van der Waals surface area contributed by atoms with Crippen LogP contribution in [0.15, 0.2) is 81.6 Å². The van der Waals surface area contributed by atoms with E-state index >= 15 is 0 Å². The lowest BCUT2D eigenvalue weighted by Crippen LogP contribution is -2.42. The molecule has 1 aliphatic heterocycles. The van der Waals surface area contributed by atoms with Gasteiger partial charge < -0.3 is 10.5 Å². The molecule has 0 radical (unpaired) electrons. The molecule has 0 amide bonds. The Morgan fingerprint density at radius 3 is 2.57 bits per heavy atom. The van der Waals surface area contributed by atoms with E-state index in [9.17, 15) is 10.1 Å². The molecule has 2 aliphatic rings. The number of benzene rings is 2. The number of allylic oxidation sites excluding steroid dienone is 3. The van der Waals surface area contributed by atoms with Crippen LogP contribution in [0.1, 0.15) is 43.7 Å². The molecule has 0 bridgehead atoms. The number of carbonyl (C=O) groups excluding carboxylic acids is 1. The summed E-state index contributed by atoms with van der Waals surface area (Å²) in [6, 6.07) is 19.9. The van der Waals surface area contributed by atoms with Crippen LogP contribution in [-0.4, -0.2) is 23.1 Å². The van der Waals surface area contributed by atoms with Crippen LogP contribution in [0.2, 0.25) is 0 Å². The van der Waals surface area contributed by atoms with Gasteiger partial charge in [-0.2, -0.15) is 5.26 Å². The fourth-order valence-electron chi connectivity index (χ4n) is 4.93. The molecule has 0 spiro atoms. The summed E-state index contributed by atoms with van der Waals surface area (Å²) >= 11 is 3.01. The Kier molecular flexibility index (Phi) is 6.80. The van der Waals surface area contributed by atoms with Gasteiger partial charge in [0.15, 0.2) is 10.1 Å². The number of hydrogen-bond donors (Lipinski definition) is 1. The van der Waals surface area contributed by atoms with Crippen LogP contribution >= 0.6 is 23.1 Å². The van der Waals surface area contributed by atoms with Crippen LogP contribution in [-0.2, 0) is 10.5 Å². The first-order valence-electron chi connectivity index (χ1n) is 11.9. The van der Waals surface area contributed by atoms with Crippen LogP contribution in [0.3, 0.4) is 0 Å². The van der Waals surface area contributed by atoms with Gasteiger partial charge in [-0.25, -0.2) is 0 Å². The summed E-state index contributed by atoms with van der Waals surface area (Å²) in [5, 5.41) is 19.6. The molecule has 1 unspecified atom stereocenters. The third kappa shape index (κ3) is 4.87. The Morgan fingerprint density at radius 2 is 1.89 bits per heavy atom. The fraction of sp³-hybridized carbons (Fsp3) is 0.286. The minimum atomic E-state index is -0.536. The average Bonchev–Trinajstić information content (AvgIpc) is 3.35. The Bertz CT molecular complexity index is 1440. The van der Waals surface area contributed by atoms with E-state index in [2.05, 4.69) is 42.2 Å². The van der Waals surface area contributed by atoms with E-state index in [0.717, 1.165) is 21.4 Å². The van der Waals surface area contributed by atoms with Crippen molar-refractivity contribution in [1.82, 2.24) is 10.2 Å². The third-order valence-corrected chi connectivity index (χ3v) is 8.74. The fourth-order valence-corrected chi connectivity index (χ4v) is 6.76. The van der Waals surface area contributed by atoms with Crippen molar-refractivity contribution in [3.63, 3.8) is 0 Å². The molecule has 0 saturated carbocycles. The smallest absolute Gasteiger partial charge is 0.219 e. The maximum absolute atomic E-state index is 13.6. The number of aromatic nitrogens is 2. The molecule has 7 nitrogen and oxygen atoms in total. The lowest BCUT2D eigenvalue weighted by molar-refractivity contribution is -0.118. The molecular formula is C28H27N5O2S2. The predicted molar refractivity (Wildman–Crippen MR) is 146 cm³/mol. The molecule has 0 saturated heterocycles.